The Morgan fingerprint density at radius 2 is 0.208 bits per heavy atom. The molecule has 1 N–H and O–H groups in total. The maximum absolute atomic E-state index is 10.4. The maximum Gasteiger partial charge on any atom is 0.320 e. The molecular weight excluding hydrogens is 1310 g/mol. The van der Waals surface area contributed by atoms with E-state index in [9.17, 15) is 4.80 Å². The van der Waals surface area contributed by atoms with Crippen molar-refractivity contribution in [2.45, 2.75) is 255 Å². The van der Waals surface area contributed by atoms with Gasteiger partial charge in [-0.05, 0) is 255 Å². The lowest BCUT2D eigenvalue weighted by Crippen LogP contribution is -2.63. The van der Waals surface area contributed by atoms with Crippen LogP contribution in [0.25, 0.3) is 0 Å². The summed E-state index contributed by atoms with van der Waals surface area (Å²) in [5, 5.41) is 0. The third-order valence-electron chi connectivity index (χ3n) is 8.91. The van der Waals surface area contributed by atoms with Crippen LogP contribution in [0.15, 0.2) is 0 Å². The maximum atomic E-state index is 10.4. The molecule has 0 aromatic carbocycles. The van der Waals surface area contributed by atoms with Gasteiger partial charge >= 0.3 is 154 Å². The minimum Gasteiger partial charge on any atom is -0.437 e. The molecule has 0 unspecified atom stereocenters. The summed E-state index contributed by atoms with van der Waals surface area (Å²) in [6.07, 6.45) is 0. The van der Waals surface area contributed by atoms with E-state index in [4.69, 9.17) is 74.1 Å². The third-order valence-corrected chi connectivity index (χ3v) is 80.2. The Bertz CT molecular complexity index is 1760. The number of hydrogen-bond donors (Lipinski definition) is 1. The Hall–Kier alpha value is 3.36. The molecule has 0 heterocycles. The van der Waals surface area contributed by atoms with Crippen LogP contribution in [-0.2, 0) is 74.1 Å². The summed E-state index contributed by atoms with van der Waals surface area (Å²) in [4.78, 5) is 10.4. The van der Waals surface area contributed by atoms with Gasteiger partial charge in [0, 0.05) is 0 Å². The molecule has 0 saturated carbocycles. The largest absolute Gasteiger partial charge is 0.437 e. The summed E-state index contributed by atoms with van der Waals surface area (Å²) in [7, 11) is -51.5. The molecule has 0 saturated heterocycles. The monoisotopic (exact) mass is 1420 g/mol. The van der Waals surface area contributed by atoms with Crippen LogP contribution in [0, 0.1) is 0 Å². The molecule has 0 rings (SSSR count). The van der Waals surface area contributed by atoms with Crippen LogP contribution >= 0.6 is 0 Å². The van der Waals surface area contributed by atoms with Gasteiger partial charge in [-0.25, -0.2) is 0 Å². The normalized spacial score (nSPS) is 16.2. The zero-order valence-electron chi connectivity index (χ0n) is 56.3. The van der Waals surface area contributed by atoms with Crippen LogP contribution in [0.5, 0.6) is 0 Å². The Kier molecular flexibility index (Phi) is 27.8. The predicted octanol–water partition coefficient (Wildman–Crippen LogP) is 13.7. The van der Waals surface area contributed by atoms with Gasteiger partial charge in [0.05, 0.1) is 0 Å². The molecule has 0 radical (unpaired) electrons. The Balaban J connectivity index is 5.80. The van der Waals surface area contributed by atoms with Crippen molar-refractivity contribution in [3.63, 3.8) is 0 Å². The molecule has 0 aliphatic carbocycles. The van der Waals surface area contributed by atoms with E-state index in [1.54, 1.807) is 13.1 Å². The fraction of sp³-hybridized carbons (Fsp3) is 1.00. The number of rotatable bonds is 36. The van der Waals surface area contributed by atoms with E-state index in [-0.39, 0.29) is 0 Å². The van der Waals surface area contributed by atoms with Gasteiger partial charge in [-0.1, -0.05) is 0 Å². The summed E-state index contributed by atoms with van der Waals surface area (Å²) < 4.78 is 122. The van der Waals surface area contributed by atoms with Crippen molar-refractivity contribution in [1.82, 2.24) is 0 Å². The fourth-order valence-corrected chi connectivity index (χ4v) is 107. The zero-order valence-corrected chi connectivity index (χ0v) is 75.3. The van der Waals surface area contributed by atoms with Gasteiger partial charge in [-0.3, -0.25) is 0 Å². The summed E-state index contributed by atoms with van der Waals surface area (Å²) in [5.41, 5.74) is 0. The van der Waals surface area contributed by atoms with Gasteiger partial charge in [0.25, 0.3) is 0 Å². The Labute approximate surface area is 492 Å². The minimum absolute atomic E-state index is 1.74. The molecule has 0 bridgehead atoms. The van der Waals surface area contributed by atoms with Crippen molar-refractivity contribution in [2.75, 3.05) is 0 Å². The lowest BCUT2D eigenvalue weighted by Gasteiger charge is -2.45. The lowest BCUT2D eigenvalue weighted by atomic mass is 11.8. The zero-order chi connectivity index (χ0) is 62.2. The van der Waals surface area contributed by atoms with Gasteiger partial charge in [0.15, 0.2) is 8.32 Å². The van der Waals surface area contributed by atoms with Gasteiger partial charge in [-0.2, -0.15) is 0 Å². The molecule has 0 aliphatic rings. The van der Waals surface area contributed by atoms with Gasteiger partial charge < -0.3 is 78.9 Å². The Morgan fingerprint density at radius 1 is 0.130 bits per heavy atom. The second-order valence-corrected chi connectivity index (χ2v) is 98.6. The van der Waals surface area contributed by atoms with Crippen LogP contribution in [0.3, 0.4) is 0 Å². The molecule has 464 valence electrons. The molecule has 0 aromatic heterocycles. The second-order valence-electron chi connectivity index (χ2n) is 29.2. The molecule has 38 heteroatoms. The lowest BCUT2D eigenvalue weighted by molar-refractivity contribution is 0.250. The first kappa shape index (κ1) is 80.4. The van der Waals surface area contributed by atoms with Gasteiger partial charge in [-0.15, -0.1) is 0 Å². The van der Waals surface area contributed by atoms with Crippen LogP contribution in [0.4, 0.5) is 0 Å². The van der Waals surface area contributed by atoms with E-state index in [1.165, 1.54) is 0 Å². The molecule has 0 atom stereocenters. The number of hydrogen-bond acceptors (Lipinski definition) is 19. The van der Waals surface area contributed by atoms with Crippen LogP contribution in [0.2, 0.25) is 255 Å². The highest BCUT2D eigenvalue weighted by molar-refractivity contribution is 6.96. The fourth-order valence-electron chi connectivity index (χ4n) is 11.2. The standard InChI is InChI=1S/C39H118O19Si19/c1-59(2,3)41-61(6,7)43-63(10,11)45-65(14,15)47-67(18,19)49-69(22,23)51-71(26,27)53-73(30,31)55-75(34,35)57-77(38,39)58-76(36,37)56-74(32,33)54-72(28,29)52-70(24,25)50-68(20,21)48-66(16,17)46-64(12,13)44-62(8,9)42-60(4,5)40/h40H,1-39H3. The topological polar surface area (TPSA) is 186 Å². The minimum atomic E-state index is -2.85. The van der Waals surface area contributed by atoms with Crippen molar-refractivity contribution < 1.29 is 78.9 Å². The average molecular weight is 1420 g/mol. The molecule has 77 heavy (non-hydrogen) atoms. The van der Waals surface area contributed by atoms with E-state index in [0.717, 1.165) is 0 Å². The highest BCUT2D eigenvalue weighted by Crippen LogP contribution is 2.34. The smallest absolute Gasteiger partial charge is 0.320 e. The van der Waals surface area contributed by atoms with E-state index >= 15 is 0 Å². The van der Waals surface area contributed by atoms with Gasteiger partial charge in [0.2, 0.25) is 0 Å². The van der Waals surface area contributed by atoms with Crippen LogP contribution < -0.4 is 0 Å². The molecule has 0 aromatic rings. The Morgan fingerprint density at radius 3 is 0.286 bits per heavy atom. The molecular formula is C39H118O19Si19. The summed E-state index contributed by atoms with van der Waals surface area (Å²) in [6, 6.07) is 0. The van der Waals surface area contributed by atoms with Crippen LogP contribution in [0.1, 0.15) is 0 Å². The van der Waals surface area contributed by atoms with Crippen molar-refractivity contribution in [1.29, 1.82) is 0 Å². The quantitative estimate of drug-likeness (QED) is 0.0583. The SMILES string of the molecule is C[Si](C)(C)O[Si](C)(C)O[Si](C)(C)O[Si](C)(C)O[Si](C)(C)O[Si](C)(C)O[Si](C)(C)O[Si](C)(C)O[Si](C)(C)O[Si](C)(C)O[Si](C)(C)O[Si](C)(C)O[Si](C)(C)O[Si](C)(C)O[Si](C)(C)O[Si](C)(C)O[Si](C)(C)O[Si](C)(C)O[Si](C)(C)O. The summed E-state index contributed by atoms with van der Waals surface area (Å²) in [5.74, 6) is 0. The van der Waals surface area contributed by atoms with Crippen molar-refractivity contribution in [3.8, 4) is 0 Å². The van der Waals surface area contributed by atoms with Crippen molar-refractivity contribution in [3.05, 3.63) is 0 Å². The molecule has 19 nitrogen and oxygen atoms in total. The molecule has 0 spiro atoms. The average Bonchev–Trinajstić information content (AvgIpc) is 2.86. The van der Waals surface area contributed by atoms with E-state index in [1.807, 2.05) is 105 Å². The van der Waals surface area contributed by atoms with E-state index in [2.05, 4.69) is 137 Å². The third kappa shape index (κ3) is 38.3. The second kappa shape index (κ2) is 26.6. The molecule has 0 amide bonds. The first-order chi connectivity index (χ1) is 32.7. The van der Waals surface area contributed by atoms with Crippen molar-refractivity contribution in [2.24, 2.45) is 0 Å². The molecule has 0 aliphatic heterocycles. The first-order valence-electron chi connectivity index (χ1n) is 27.1. The molecule has 0 fully saturated rings. The summed E-state index contributed by atoms with van der Waals surface area (Å²) in [6.45, 7) is 79.6. The van der Waals surface area contributed by atoms with Crippen LogP contribution in [-0.4, -0.2) is 167 Å². The van der Waals surface area contributed by atoms with Gasteiger partial charge in [0.1, 0.15) is 0 Å². The van der Waals surface area contributed by atoms with E-state index < -0.39 is 162 Å². The highest BCUT2D eigenvalue weighted by Gasteiger charge is 2.54. The van der Waals surface area contributed by atoms with Crippen molar-refractivity contribution >= 4 is 162 Å². The first-order valence-corrected chi connectivity index (χ1v) is 81.2. The summed E-state index contributed by atoms with van der Waals surface area (Å²) >= 11 is 0. The predicted molar refractivity (Wildman–Crippen MR) is 360 cm³/mol. The van der Waals surface area contributed by atoms with E-state index in [0.29, 0.717) is 0 Å². The highest BCUT2D eigenvalue weighted by atomic mass is 28.6.